The predicted molar refractivity (Wildman–Crippen MR) is 99.0 cm³/mol. The number of ether oxygens (including phenoxy) is 1. The molecular formula is C20H29N3O2. The van der Waals surface area contributed by atoms with Crippen LogP contribution >= 0.6 is 0 Å². The molecule has 1 aliphatic carbocycles. The first-order valence-electron chi connectivity index (χ1n) is 9.41. The number of hydrogen-bond donors (Lipinski definition) is 1. The normalized spacial score (nSPS) is 29.5. The van der Waals surface area contributed by atoms with Gasteiger partial charge in [-0.15, -0.1) is 0 Å². The summed E-state index contributed by atoms with van der Waals surface area (Å²) in [6, 6.07) is 8.34. The fourth-order valence-electron chi connectivity index (χ4n) is 4.68. The highest BCUT2D eigenvalue weighted by molar-refractivity contribution is 5.75. The van der Waals surface area contributed by atoms with Crippen molar-refractivity contribution in [3.8, 4) is 5.75 Å². The first kappa shape index (κ1) is 16.6. The van der Waals surface area contributed by atoms with Crippen LogP contribution in [0.4, 0.5) is 10.5 Å². The van der Waals surface area contributed by atoms with E-state index in [2.05, 4.69) is 36.2 Å². The summed E-state index contributed by atoms with van der Waals surface area (Å²) in [7, 11) is 1.70. The van der Waals surface area contributed by atoms with Gasteiger partial charge in [0.15, 0.2) is 0 Å². The third-order valence-electron chi connectivity index (χ3n) is 6.66. The van der Waals surface area contributed by atoms with Crippen LogP contribution in [0.2, 0.25) is 0 Å². The molecule has 0 unspecified atom stereocenters. The molecule has 2 amide bonds. The number of methoxy groups -OCH3 is 1. The Hall–Kier alpha value is -1.91. The molecule has 0 aromatic heterocycles. The van der Waals surface area contributed by atoms with E-state index in [1.54, 1.807) is 7.11 Å². The number of nitrogens with one attached hydrogen (secondary N) is 1. The highest BCUT2D eigenvalue weighted by Gasteiger charge is 2.62. The van der Waals surface area contributed by atoms with Crippen LogP contribution in [0.15, 0.2) is 24.3 Å². The molecule has 3 aliphatic rings. The Morgan fingerprint density at radius 2 is 2.04 bits per heavy atom. The van der Waals surface area contributed by atoms with Crippen LogP contribution in [-0.2, 0) is 0 Å². The lowest BCUT2D eigenvalue weighted by molar-refractivity contribution is 0.194. The van der Waals surface area contributed by atoms with Crippen molar-refractivity contribution in [3.05, 3.63) is 24.3 Å². The number of anilines is 1. The molecule has 1 N–H and O–H groups in total. The predicted octanol–water partition coefficient (Wildman–Crippen LogP) is 2.82. The van der Waals surface area contributed by atoms with Crippen LogP contribution < -0.4 is 15.0 Å². The van der Waals surface area contributed by atoms with Crippen LogP contribution in [0.3, 0.4) is 0 Å². The van der Waals surface area contributed by atoms with E-state index in [0.717, 1.165) is 44.9 Å². The molecule has 3 atom stereocenters. The Morgan fingerprint density at radius 3 is 2.76 bits per heavy atom. The molecule has 0 spiro atoms. The first-order valence-corrected chi connectivity index (χ1v) is 9.41. The Balaban J connectivity index is 1.24. The molecule has 5 nitrogen and oxygen atoms in total. The zero-order chi connectivity index (χ0) is 17.6. The summed E-state index contributed by atoms with van der Waals surface area (Å²) in [6.45, 7) is 9.32. The van der Waals surface area contributed by atoms with Crippen molar-refractivity contribution >= 4 is 11.7 Å². The van der Waals surface area contributed by atoms with Gasteiger partial charge in [0.2, 0.25) is 0 Å². The van der Waals surface area contributed by atoms with E-state index in [9.17, 15) is 4.79 Å². The Labute approximate surface area is 150 Å². The molecule has 5 heteroatoms. The minimum absolute atomic E-state index is 0.128. The maximum absolute atomic E-state index is 12.4. The van der Waals surface area contributed by atoms with Crippen molar-refractivity contribution in [3.63, 3.8) is 0 Å². The molecule has 2 saturated heterocycles. The smallest absolute Gasteiger partial charge is 0.317 e. The highest BCUT2D eigenvalue weighted by Crippen LogP contribution is 2.61. The van der Waals surface area contributed by atoms with Crippen LogP contribution in [0, 0.1) is 23.2 Å². The maximum Gasteiger partial charge on any atom is 0.317 e. The number of rotatable bonds is 4. The third-order valence-corrected chi connectivity index (χ3v) is 6.66. The molecule has 136 valence electrons. The first-order chi connectivity index (χ1) is 12.0. The van der Waals surface area contributed by atoms with Crippen molar-refractivity contribution in [2.75, 3.05) is 44.7 Å². The number of nitrogens with zero attached hydrogens (tertiary/aromatic N) is 2. The van der Waals surface area contributed by atoms with Gasteiger partial charge in [0.25, 0.3) is 0 Å². The number of urea groups is 1. The monoisotopic (exact) mass is 343 g/mol. The van der Waals surface area contributed by atoms with E-state index in [1.165, 1.54) is 5.69 Å². The summed E-state index contributed by atoms with van der Waals surface area (Å²) >= 11 is 0. The second-order valence-corrected chi connectivity index (χ2v) is 8.43. The summed E-state index contributed by atoms with van der Waals surface area (Å²) < 4.78 is 5.31. The van der Waals surface area contributed by atoms with E-state index < -0.39 is 0 Å². The molecule has 1 aromatic carbocycles. The van der Waals surface area contributed by atoms with Gasteiger partial charge in [-0.05, 0) is 41.7 Å². The summed E-state index contributed by atoms with van der Waals surface area (Å²) in [5.74, 6) is 2.84. The summed E-state index contributed by atoms with van der Waals surface area (Å²) in [6.07, 6.45) is 1.12. The Kier molecular flexibility index (Phi) is 4.05. The molecule has 25 heavy (non-hydrogen) atoms. The number of carbonyl (C=O) groups excluding carboxylic acids is 1. The average Bonchev–Trinajstić information content (AvgIpc) is 3.09. The molecule has 2 heterocycles. The lowest BCUT2D eigenvalue weighted by atomic mass is 10.1. The Bertz CT molecular complexity index is 646. The van der Waals surface area contributed by atoms with Crippen LogP contribution in [0.25, 0.3) is 0 Å². The van der Waals surface area contributed by atoms with E-state index >= 15 is 0 Å². The molecule has 1 aromatic rings. The number of piperidine rings is 1. The molecule has 0 radical (unpaired) electrons. The van der Waals surface area contributed by atoms with Gasteiger partial charge in [0.05, 0.1) is 7.11 Å². The quantitative estimate of drug-likeness (QED) is 0.914. The number of benzene rings is 1. The minimum atomic E-state index is 0.128. The van der Waals surface area contributed by atoms with E-state index in [0.29, 0.717) is 23.2 Å². The third kappa shape index (κ3) is 3.05. The fraction of sp³-hybridized carbons (Fsp3) is 0.650. The molecule has 4 rings (SSSR count). The van der Waals surface area contributed by atoms with Crippen LogP contribution in [0.5, 0.6) is 5.75 Å². The fourth-order valence-corrected chi connectivity index (χ4v) is 4.68. The maximum atomic E-state index is 12.4. The zero-order valence-electron chi connectivity index (χ0n) is 15.5. The Morgan fingerprint density at radius 1 is 1.28 bits per heavy atom. The van der Waals surface area contributed by atoms with E-state index in [-0.39, 0.29) is 6.03 Å². The SMILES string of the molecule is COc1cccc(N2CC[C@H](CNC(=O)N3C[C@H]4[C@H](C3)C4(C)C)C2)c1. The van der Waals surface area contributed by atoms with Gasteiger partial charge in [0.1, 0.15) is 5.75 Å². The van der Waals surface area contributed by atoms with Crippen molar-refractivity contribution in [2.24, 2.45) is 23.2 Å². The molecule has 0 bridgehead atoms. The van der Waals surface area contributed by atoms with E-state index in [4.69, 9.17) is 4.74 Å². The van der Waals surface area contributed by atoms with Gasteiger partial charge in [-0.3, -0.25) is 0 Å². The standard InChI is InChI=1S/C20H29N3O2/c1-20(2)17-12-23(13-18(17)20)19(24)21-10-14-7-8-22(11-14)15-5-4-6-16(9-15)25-3/h4-6,9,14,17-18H,7-8,10-13H2,1-3H3,(H,21,24)/t14-,17+,18+/m1/s1. The minimum Gasteiger partial charge on any atom is -0.497 e. The lowest BCUT2D eigenvalue weighted by Crippen LogP contribution is -2.42. The second-order valence-electron chi connectivity index (χ2n) is 8.43. The summed E-state index contributed by atoms with van der Waals surface area (Å²) in [5, 5.41) is 3.17. The van der Waals surface area contributed by atoms with Gasteiger partial charge in [-0.1, -0.05) is 19.9 Å². The molecule has 1 saturated carbocycles. The van der Waals surface area contributed by atoms with Gasteiger partial charge in [-0.2, -0.15) is 0 Å². The van der Waals surface area contributed by atoms with Gasteiger partial charge in [0, 0.05) is 44.5 Å². The number of fused-ring (bicyclic) bond motifs is 1. The van der Waals surface area contributed by atoms with E-state index in [1.807, 2.05) is 17.0 Å². The van der Waals surface area contributed by atoms with Gasteiger partial charge < -0.3 is 19.9 Å². The lowest BCUT2D eigenvalue weighted by Gasteiger charge is -2.23. The number of carbonyl (C=O) groups is 1. The summed E-state index contributed by atoms with van der Waals surface area (Å²) in [5.41, 5.74) is 1.66. The van der Waals surface area contributed by atoms with Gasteiger partial charge >= 0.3 is 6.03 Å². The van der Waals surface area contributed by atoms with Gasteiger partial charge in [-0.25, -0.2) is 4.79 Å². The second kappa shape index (κ2) is 6.11. The number of hydrogen-bond acceptors (Lipinski definition) is 3. The van der Waals surface area contributed by atoms with Crippen LogP contribution in [0.1, 0.15) is 20.3 Å². The average molecular weight is 343 g/mol. The topological polar surface area (TPSA) is 44.8 Å². The number of likely N-dealkylation sites (tertiary alicyclic amines) is 1. The largest absolute Gasteiger partial charge is 0.497 e. The van der Waals surface area contributed by atoms with Crippen molar-refractivity contribution in [2.45, 2.75) is 20.3 Å². The molecule has 3 fully saturated rings. The van der Waals surface area contributed by atoms with Crippen molar-refractivity contribution in [1.29, 1.82) is 0 Å². The van der Waals surface area contributed by atoms with Crippen molar-refractivity contribution < 1.29 is 9.53 Å². The molecule has 2 aliphatic heterocycles. The molecular weight excluding hydrogens is 314 g/mol. The van der Waals surface area contributed by atoms with Crippen molar-refractivity contribution in [1.82, 2.24) is 10.2 Å². The highest BCUT2D eigenvalue weighted by atomic mass is 16.5. The van der Waals surface area contributed by atoms with Crippen LogP contribution in [-0.4, -0.2) is 50.8 Å². The zero-order valence-corrected chi connectivity index (χ0v) is 15.5. The number of amides is 2. The summed E-state index contributed by atoms with van der Waals surface area (Å²) in [4.78, 5) is 16.8.